The van der Waals surface area contributed by atoms with Crippen LogP contribution in [0.15, 0.2) is 0 Å². The second-order valence-electron chi connectivity index (χ2n) is 0.500. The monoisotopic (exact) mass is 130 g/mol. The van der Waals surface area contributed by atoms with E-state index >= 15 is 0 Å². The van der Waals surface area contributed by atoms with Gasteiger partial charge in [-0.2, -0.15) is 0 Å². The van der Waals surface area contributed by atoms with Crippen LogP contribution in [-0.4, -0.2) is 32.1 Å². The molecule has 0 spiro atoms. The van der Waals surface area contributed by atoms with Crippen molar-refractivity contribution in [2.75, 3.05) is 0 Å². The van der Waals surface area contributed by atoms with Crippen LogP contribution in [0.5, 0.6) is 0 Å². The van der Waals surface area contributed by atoms with Crippen molar-refractivity contribution in [1.82, 2.24) is 0 Å². The van der Waals surface area contributed by atoms with Gasteiger partial charge in [0.15, 0.2) is 0 Å². The van der Waals surface area contributed by atoms with E-state index in [4.69, 9.17) is 19.2 Å². The zero-order valence-corrected chi connectivity index (χ0v) is 7.25. The smallest absolute Gasteiger partial charge is 0.894 e. The molecule has 32 valence electrons. The second kappa shape index (κ2) is 9.02. The molecule has 0 aliphatic carbocycles. The van der Waals surface area contributed by atoms with Crippen molar-refractivity contribution >= 4 is 32.1 Å². The van der Waals surface area contributed by atoms with E-state index in [1.54, 1.807) is 0 Å². The van der Waals surface area contributed by atoms with Crippen LogP contribution in [0.4, 0.5) is 0 Å². The Bertz CT molecular complexity index is 29.5. The van der Waals surface area contributed by atoms with E-state index in [-0.39, 0.29) is 60.8 Å². The summed E-state index contributed by atoms with van der Waals surface area (Å²) in [6.45, 7) is 0. The first kappa shape index (κ1) is 22.5. The van der Waals surface area contributed by atoms with E-state index in [2.05, 4.69) is 0 Å². The zero-order valence-electron chi connectivity index (χ0n) is 4.84. The fraction of sp³-hybridized carbons (Fsp3) is 0. The minimum absolute atomic E-state index is 0. The molecule has 0 aromatic carbocycles. The van der Waals surface area contributed by atoms with Crippen LogP contribution in [0.2, 0.25) is 0 Å². The molecule has 0 aromatic heterocycles. The molecule has 0 amide bonds. The zero-order chi connectivity index (χ0) is 4.50. The van der Waals surface area contributed by atoms with Crippen molar-refractivity contribution in [2.24, 2.45) is 0 Å². The molecule has 0 aromatic rings. The van der Waals surface area contributed by atoms with Crippen LogP contribution in [0.25, 0.3) is 0 Å². The summed E-state index contributed by atoms with van der Waals surface area (Å²) in [6, 6.07) is 0. The summed E-state index contributed by atoms with van der Waals surface area (Å²) < 4.78 is 0. The summed E-state index contributed by atoms with van der Waals surface area (Å²) in [4.78, 5) is 34.3. The van der Waals surface area contributed by atoms with Crippen molar-refractivity contribution in [3.05, 3.63) is 0 Å². The van der Waals surface area contributed by atoms with Crippen molar-refractivity contribution in [2.45, 2.75) is 0 Å². The van der Waals surface area contributed by atoms with E-state index in [1.807, 2.05) is 0 Å². The second-order valence-corrected chi connectivity index (χ2v) is 1.50. The Morgan fingerprint density at radius 3 is 0.750 bits per heavy atom. The van der Waals surface area contributed by atoms with Crippen LogP contribution >= 0.6 is 0 Å². The van der Waals surface area contributed by atoms with Gasteiger partial charge in [-0.05, 0) is 0 Å². The third-order valence-corrected chi connectivity index (χ3v) is 0. The van der Waals surface area contributed by atoms with Gasteiger partial charge in [-0.3, -0.25) is 0 Å². The maximum Gasteiger partial charge on any atom is 2.00 e. The average molecular weight is 130 g/mol. The molecule has 0 heterocycles. The third kappa shape index (κ3) is 97.0. The first-order valence-electron chi connectivity index (χ1n) is 0.816. The van der Waals surface area contributed by atoms with Crippen LogP contribution < -0.4 is 56.9 Å². The molecule has 0 unspecified atom stereocenters. The summed E-state index contributed by atoms with van der Waals surface area (Å²) in [5.41, 5.74) is 0. The maximum absolute atomic E-state index is 8.58. The summed E-state index contributed by atoms with van der Waals surface area (Å²) >= 11 is 0. The average Bonchev–Trinajstić information content (AvgIpc) is 0.722. The quantitative estimate of drug-likeness (QED) is 0.304. The molecule has 4 nitrogen and oxygen atoms in total. The van der Waals surface area contributed by atoms with Crippen LogP contribution in [0.1, 0.15) is 0 Å². The van der Waals surface area contributed by atoms with E-state index in [1.165, 1.54) is 0 Å². The molecule has 0 saturated carbocycles. The Labute approximate surface area is 88.3 Å². The molecule has 0 atom stereocenters. The van der Waals surface area contributed by atoms with Crippen LogP contribution in [0, 0.1) is 0 Å². The normalized spacial score (nSPS) is 7.50. The van der Waals surface area contributed by atoms with Gasteiger partial charge in [0.05, 0.1) is 0 Å². The molecule has 0 aliphatic rings. The van der Waals surface area contributed by atoms with Gasteiger partial charge < -0.3 is 28.2 Å². The molecule has 0 bridgehead atoms. The van der Waals surface area contributed by atoms with E-state index in [0.717, 1.165) is 0 Å². The SMILES string of the molecule is [Li+].[Li+].[Mg+2].[O-][Si]([O-])([O-])[O-]. The van der Waals surface area contributed by atoms with Gasteiger partial charge in [-0.1, -0.05) is 0 Å². The number of hydrogen-bond acceptors (Lipinski definition) is 4. The molecule has 0 aliphatic heterocycles. The van der Waals surface area contributed by atoms with Crippen molar-refractivity contribution in [3.63, 3.8) is 0 Å². The van der Waals surface area contributed by atoms with Crippen molar-refractivity contribution in [1.29, 1.82) is 0 Å². The van der Waals surface area contributed by atoms with E-state index in [0.29, 0.717) is 0 Å². The Hall–Kier alpha value is 2.02. The molecule has 8 heavy (non-hydrogen) atoms. The minimum atomic E-state index is -5.61. The Morgan fingerprint density at radius 1 is 0.750 bits per heavy atom. The van der Waals surface area contributed by atoms with Crippen molar-refractivity contribution < 1.29 is 56.9 Å². The summed E-state index contributed by atoms with van der Waals surface area (Å²) in [7, 11) is -5.61. The predicted octanol–water partition coefficient (Wildman–Crippen LogP) is -11.5. The fourth-order valence-corrected chi connectivity index (χ4v) is 0. The van der Waals surface area contributed by atoms with Gasteiger partial charge in [0, 0.05) is 0 Å². The maximum atomic E-state index is 8.58. The number of hydrogen-bond donors (Lipinski definition) is 0. The molecule has 0 fully saturated rings. The molecule has 0 rings (SSSR count). The van der Waals surface area contributed by atoms with E-state index in [9.17, 15) is 0 Å². The summed E-state index contributed by atoms with van der Waals surface area (Å²) in [5.74, 6) is 0. The Balaban J connectivity index is -0.0000000267. The minimum Gasteiger partial charge on any atom is -0.894 e. The van der Waals surface area contributed by atoms with Gasteiger partial charge in [0.25, 0.3) is 0 Å². The summed E-state index contributed by atoms with van der Waals surface area (Å²) in [6.07, 6.45) is 0. The topological polar surface area (TPSA) is 92.2 Å². The molecule has 0 radical (unpaired) electrons. The third-order valence-electron chi connectivity index (χ3n) is 0. The Kier molecular flexibility index (Phi) is 25.4. The van der Waals surface area contributed by atoms with Crippen LogP contribution in [0.3, 0.4) is 0 Å². The molecular weight excluding hydrogens is 130 g/mol. The number of rotatable bonds is 0. The fourth-order valence-electron chi connectivity index (χ4n) is 0. The van der Waals surface area contributed by atoms with Gasteiger partial charge in [0.1, 0.15) is 0 Å². The molecule has 0 N–H and O–H groups in total. The van der Waals surface area contributed by atoms with Gasteiger partial charge in [-0.15, -0.1) is 0 Å². The van der Waals surface area contributed by atoms with Crippen molar-refractivity contribution in [3.8, 4) is 0 Å². The summed E-state index contributed by atoms with van der Waals surface area (Å²) in [5, 5.41) is 0. The standard InChI is InChI=1S/2Li.Mg.O4Si/c;;;1-5(2,3)4/q2*+1;+2;-4. The first-order chi connectivity index (χ1) is 2.00. The Morgan fingerprint density at radius 2 is 0.750 bits per heavy atom. The van der Waals surface area contributed by atoms with Crippen LogP contribution in [-0.2, 0) is 0 Å². The molecular formula is Li2MgO4Si. The predicted molar refractivity (Wildman–Crippen MR) is 11.5 cm³/mol. The largest absolute Gasteiger partial charge is 2.00 e. The first-order valence-corrected chi connectivity index (χ1v) is 2.45. The van der Waals surface area contributed by atoms with Gasteiger partial charge >= 0.3 is 60.8 Å². The molecule has 8 heteroatoms. The molecule has 0 saturated heterocycles. The van der Waals surface area contributed by atoms with Gasteiger partial charge in [-0.25, -0.2) is 0 Å². The van der Waals surface area contributed by atoms with E-state index < -0.39 is 9.05 Å². The van der Waals surface area contributed by atoms with Gasteiger partial charge in [0.2, 0.25) is 0 Å².